The minimum atomic E-state index is -0.468. The van der Waals surface area contributed by atoms with Gasteiger partial charge in [0.25, 0.3) is 0 Å². The van der Waals surface area contributed by atoms with Crippen LogP contribution in [-0.2, 0) is 14.3 Å². The van der Waals surface area contributed by atoms with Crippen molar-refractivity contribution in [2.24, 2.45) is 10.4 Å². The van der Waals surface area contributed by atoms with Crippen molar-refractivity contribution in [2.45, 2.75) is 39.7 Å². The minimum Gasteiger partial charge on any atom is -0.497 e. The summed E-state index contributed by atoms with van der Waals surface area (Å²) in [7, 11) is 1.64. The molecule has 0 aromatic heterocycles. The first kappa shape index (κ1) is 18.3. The summed E-state index contributed by atoms with van der Waals surface area (Å²) < 4.78 is 16.3. The number of nitrogens with zero attached hydrogens (tertiary/aromatic N) is 1. The van der Waals surface area contributed by atoms with Gasteiger partial charge in [-0.3, -0.25) is 0 Å². The lowest BCUT2D eigenvalue weighted by Crippen LogP contribution is -2.48. The van der Waals surface area contributed by atoms with Gasteiger partial charge in [-0.25, -0.2) is 9.79 Å². The van der Waals surface area contributed by atoms with Gasteiger partial charge >= 0.3 is 5.97 Å². The molecule has 1 unspecified atom stereocenters. The van der Waals surface area contributed by atoms with E-state index >= 15 is 0 Å². The van der Waals surface area contributed by atoms with Crippen LogP contribution in [0.3, 0.4) is 0 Å². The lowest BCUT2D eigenvalue weighted by molar-refractivity contribution is -0.147. The molecule has 6 heteroatoms. The van der Waals surface area contributed by atoms with Crippen molar-refractivity contribution in [1.29, 1.82) is 0 Å². The second kappa shape index (κ2) is 7.40. The molecule has 1 aromatic carbocycles. The lowest BCUT2D eigenvalue weighted by Gasteiger charge is -2.38. The van der Waals surface area contributed by atoms with E-state index in [1.54, 1.807) is 14.0 Å². The Labute approximate surface area is 154 Å². The summed E-state index contributed by atoms with van der Waals surface area (Å²) in [6.45, 7) is 6.79. The number of carbonyl (C=O) groups is 1. The number of esters is 1. The van der Waals surface area contributed by atoms with Crippen LogP contribution in [0.5, 0.6) is 5.75 Å². The van der Waals surface area contributed by atoms with Crippen molar-refractivity contribution in [3.63, 3.8) is 0 Å². The standard InChI is InChI=1S/C20H26N2O4/c1-5-25-19(23)17-12-26-18-15(10-20(2,3)11-16(18)22-17)21-13-6-8-14(24-4)9-7-13/h6-9,17,22H,5,10-12H2,1-4H3/b21-15+. The summed E-state index contributed by atoms with van der Waals surface area (Å²) in [6, 6.07) is 7.15. The van der Waals surface area contributed by atoms with Crippen LogP contribution in [0.25, 0.3) is 0 Å². The van der Waals surface area contributed by atoms with E-state index in [0.29, 0.717) is 6.61 Å². The molecule has 26 heavy (non-hydrogen) atoms. The van der Waals surface area contributed by atoms with Gasteiger partial charge in [0.15, 0.2) is 11.8 Å². The molecule has 0 saturated heterocycles. The van der Waals surface area contributed by atoms with Crippen molar-refractivity contribution in [3.8, 4) is 5.75 Å². The predicted octanol–water partition coefficient (Wildman–Crippen LogP) is 3.35. The van der Waals surface area contributed by atoms with E-state index < -0.39 is 6.04 Å². The average Bonchev–Trinajstić information content (AvgIpc) is 2.61. The fourth-order valence-corrected chi connectivity index (χ4v) is 3.31. The Bertz CT molecular complexity index is 735. The molecule has 1 atom stereocenters. The molecule has 0 saturated carbocycles. The number of methoxy groups -OCH3 is 1. The van der Waals surface area contributed by atoms with Gasteiger partial charge in [-0.1, -0.05) is 13.8 Å². The topological polar surface area (TPSA) is 69.2 Å². The predicted molar refractivity (Wildman–Crippen MR) is 99.6 cm³/mol. The van der Waals surface area contributed by atoms with E-state index in [2.05, 4.69) is 19.2 Å². The van der Waals surface area contributed by atoms with Gasteiger partial charge in [0, 0.05) is 0 Å². The number of ether oxygens (including phenoxy) is 3. The SMILES string of the molecule is CCOC(=O)C1COC2=C(CC(C)(C)C/C2=N\c2ccc(OC)cc2)N1. The number of rotatable bonds is 4. The zero-order chi connectivity index (χ0) is 18.7. The van der Waals surface area contributed by atoms with Crippen LogP contribution >= 0.6 is 0 Å². The molecule has 0 amide bonds. The monoisotopic (exact) mass is 358 g/mol. The Hall–Kier alpha value is -2.50. The Kier molecular flexibility index (Phi) is 5.20. The maximum absolute atomic E-state index is 12.0. The van der Waals surface area contributed by atoms with Crippen LogP contribution in [0.15, 0.2) is 40.7 Å². The first-order valence-corrected chi connectivity index (χ1v) is 8.93. The van der Waals surface area contributed by atoms with Crippen molar-refractivity contribution in [3.05, 3.63) is 35.7 Å². The quantitative estimate of drug-likeness (QED) is 0.836. The Morgan fingerprint density at radius 2 is 2.04 bits per heavy atom. The highest BCUT2D eigenvalue weighted by Gasteiger charge is 2.38. The Morgan fingerprint density at radius 3 is 2.69 bits per heavy atom. The molecule has 140 valence electrons. The second-order valence-electron chi connectivity index (χ2n) is 7.34. The van der Waals surface area contributed by atoms with E-state index in [1.807, 2.05) is 24.3 Å². The van der Waals surface area contributed by atoms with E-state index in [4.69, 9.17) is 19.2 Å². The van der Waals surface area contributed by atoms with Gasteiger partial charge < -0.3 is 19.5 Å². The molecule has 6 nitrogen and oxygen atoms in total. The highest BCUT2D eigenvalue weighted by atomic mass is 16.5. The van der Waals surface area contributed by atoms with Crippen molar-refractivity contribution in [1.82, 2.24) is 5.32 Å². The van der Waals surface area contributed by atoms with Crippen LogP contribution in [-0.4, -0.2) is 38.0 Å². The summed E-state index contributed by atoms with van der Waals surface area (Å²) in [5.74, 6) is 1.28. The molecule has 1 aromatic rings. The fourth-order valence-electron chi connectivity index (χ4n) is 3.31. The molecule has 1 aliphatic heterocycles. The van der Waals surface area contributed by atoms with Gasteiger partial charge in [0.2, 0.25) is 0 Å². The maximum atomic E-state index is 12.0. The molecule has 0 radical (unpaired) electrons. The van der Waals surface area contributed by atoms with Crippen LogP contribution in [0.1, 0.15) is 33.6 Å². The smallest absolute Gasteiger partial charge is 0.332 e. The van der Waals surface area contributed by atoms with Crippen molar-refractivity contribution in [2.75, 3.05) is 20.3 Å². The van der Waals surface area contributed by atoms with Gasteiger partial charge in [0.05, 0.1) is 30.8 Å². The number of benzene rings is 1. The highest BCUT2D eigenvalue weighted by Crippen LogP contribution is 2.39. The van der Waals surface area contributed by atoms with Crippen LogP contribution in [0.4, 0.5) is 5.69 Å². The number of allylic oxidation sites excluding steroid dienone is 2. The molecule has 3 rings (SSSR count). The van der Waals surface area contributed by atoms with Gasteiger partial charge in [-0.2, -0.15) is 0 Å². The number of carbonyl (C=O) groups excluding carboxylic acids is 1. The summed E-state index contributed by atoms with van der Waals surface area (Å²) in [5.41, 5.74) is 2.70. The zero-order valence-corrected chi connectivity index (χ0v) is 15.8. The highest BCUT2D eigenvalue weighted by molar-refractivity contribution is 6.02. The number of nitrogens with one attached hydrogen (secondary N) is 1. The molecular formula is C20H26N2O4. The fraction of sp³-hybridized carbons (Fsp3) is 0.500. The number of hydrogen-bond donors (Lipinski definition) is 1. The van der Waals surface area contributed by atoms with E-state index in [-0.39, 0.29) is 18.0 Å². The lowest BCUT2D eigenvalue weighted by atomic mass is 9.77. The van der Waals surface area contributed by atoms with Crippen LogP contribution in [0, 0.1) is 5.41 Å². The third-order valence-electron chi connectivity index (χ3n) is 4.49. The molecule has 1 aliphatic carbocycles. The molecule has 1 N–H and O–H groups in total. The minimum absolute atomic E-state index is 0.0248. The van der Waals surface area contributed by atoms with Crippen LogP contribution < -0.4 is 10.1 Å². The number of aliphatic imine (C=N–C) groups is 1. The van der Waals surface area contributed by atoms with E-state index in [1.165, 1.54) is 0 Å². The number of hydrogen-bond acceptors (Lipinski definition) is 6. The molecule has 0 spiro atoms. The van der Waals surface area contributed by atoms with Gasteiger partial charge in [-0.05, 0) is 49.4 Å². The van der Waals surface area contributed by atoms with E-state index in [9.17, 15) is 4.79 Å². The van der Waals surface area contributed by atoms with Gasteiger partial charge in [0.1, 0.15) is 12.4 Å². The second-order valence-corrected chi connectivity index (χ2v) is 7.34. The first-order chi connectivity index (χ1) is 12.4. The Balaban J connectivity index is 1.89. The third kappa shape index (κ3) is 4.00. The largest absolute Gasteiger partial charge is 0.497 e. The summed E-state index contributed by atoms with van der Waals surface area (Å²) in [5, 5.41) is 3.31. The van der Waals surface area contributed by atoms with Crippen LogP contribution in [0.2, 0.25) is 0 Å². The van der Waals surface area contributed by atoms with Crippen molar-refractivity contribution < 1.29 is 19.0 Å². The zero-order valence-electron chi connectivity index (χ0n) is 15.8. The molecule has 2 aliphatic rings. The summed E-state index contributed by atoms with van der Waals surface area (Å²) in [6.07, 6.45) is 1.61. The van der Waals surface area contributed by atoms with Gasteiger partial charge in [-0.15, -0.1) is 0 Å². The van der Waals surface area contributed by atoms with Crippen molar-refractivity contribution >= 4 is 17.4 Å². The maximum Gasteiger partial charge on any atom is 0.332 e. The first-order valence-electron chi connectivity index (χ1n) is 8.93. The normalized spacial score (nSPS) is 22.9. The molecular weight excluding hydrogens is 332 g/mol. The molecule has 0 fully saturated rings. The summed E-state index contributed by atoms with van der Waals surface area (Å²) >= 11 is 0. The summed E-state index contributed by atoms with van der Waals surface area (Å²) in [4.78, 5) is 16.8. The Morgan fingerprint density at radius 1 is 1.31 bits per heavy atom. The molecule has 1 heterocycles. The molecule has 0 bridgehead atoms. The average molecular weight is 358 g/mol. The van der Waals surface area contributed by atoms with E-state index in [0.717, 1.165) is 41.4 Å². The third-order valence-corrected chi connectivity index (χ3v) is 4.49.